The Morgan fingerprint density at radius 2 is 1.81 bits per heavy atom. The standard InChI is InChI=1S/C22H30N2O3/c1-25-22-17-20(18-23-10-11-24-12-15-26-16-13-24)7-8-21(22)27-14-9-19-5-3-2-4-6-19/h2-8,17,23H,9-16,18H2,1H3. The van der Waals surface area contributed by atoms with Gasteiger partial charge in [-0.25, -0.2) is 0 Å². The van der Waals surface area contributed by atoms with Crippen LogP contribution in [0.3, 0.4) is 0 Å². The molecule has 1 N–H and O–H groups in total. The molecule has 1 heterocycles. The lowest BCUT2D eigenvalue weighted by atomic mass is 10.1. The first kappa shape index (κ1) is 19.7. The van der Waals surface area contributed by atoms with E-state index in [1.807, 2.05) is 12.1 Å². The highest BCUT2D eigenvalue weighted by atomic mass is 16.5. The molecule has 1 aliphatic rings. The fraction of sp³-hybridized carbons (Fsp3) is 0.455. The second kappa shape index (κ2) is 10.9. The number of hydrogen-bond donors (Lipinski definition) is 1. The molecule has 0 aromatic heterocycles. The van der Waals surface area contributed by atoms with Gasteiger partial charge in [0.1, 0.15) is 0 Å². The maximum absolute atomic E-state index is 5.93. The molecule has 0 atom stereocenters. The summed E-state index contributed by atoms with van der Waals surface area (Å²) < 4.78 is 16.8. The Morgan fingerprint density at radius 3 is 2.59 bits per heavy atom. The van der Waals surface area contributed by atoms with Crippen LogP contribution < -0.4 is 14.8 Å². The molecule has 27 heavy (non-hydrogen) atoms. The number of nitrogens with one attached hydrogen (secondary N) is 1. The van der Waals surface area contributed by atoms with Crippen LogP contribution in [-0.4, -0.2) is 58.0 Å². The molecule has 2 aromatic carbocycles. The lowest BCUT2D eigenvalue weighted by molar-refractivity contribution is 0.0384. The molecule has 1 fully saturated rings. The molecule has 3 rings (SSSR count). The van der Waals surface area contributed by atoms with Crippen molar-refractivity contribution in [2.24, 2.45) is 0 Å². The molecule has 0 unspecified atom stereocenters. The first-order chi connectivity index (χ1) is 13.3. The second-order valence-electron chi connectivity index (χ2n) is 6.70. The Hall–Kier alpha value is -2.08. The largest absolute Gasteiger partial charge is 0.493 e. The van der Waals surface area contributed by atoms with E-state index in [0.717, 1.165) is 63.9 Å². The Morgan fingerprint density at radius 1 is 1.00 bits per heavy atom. The molecule has 0 spiro atoms. The molecular formula is C22H30N2O3. The van der Waals surface area contributed by atoms with Gasteiger partial charge in [0.05, 0.1) is 26.9 Å². The number of methoxy groups -OCH3 is 1. The van der Waals surface area contributed by atoms with Crippen LogP contribution in [0.1, 0.15) is 11.1 Å². The fourth-order valence-corrected chi connectivity index (χ4v) is 3.16. The quantitative estimate of drug-likeness (QED) is 0.652. The van der Waals surface area contributed by atoms with Crippen molar-refractivity contribution in [3.63, 3.8) is 0 Å². The van der Waals surface area contributed by atoms with E-state index in [2.05, 4.69) is 46.6 Å². The van der Waals surface area contributed by atoms with Gasteiger partial charge < -0.3 is 19.5 Å². The van der Waals surface area contributed by atoms with Crippen LogP contribution >= 0.6 is 0 Å². The SMILES string of the molecule is COc1cc(CNCCN2CCOCC2)ccc1OCCc1ccccc1. The van der Waals surface area contributed by atoms with Crippen LogP contribution in [0.5, 0.6) is 11.5 Å². The summed E-state index contributed by atoms with van der Waals surface area (Å²) in [6, 6.07) is 16.5. The molecule has 1 saturated heterocycles. The molecule has 1 aliphatic heterocycles. The number of hydrogen-bond acceptors (Lipinski definition) is 5. The molecule has 5 nitrogen and oxygen atoms in total. The second-order valence-corrected chi connectivity index (χ2v) is 6.70. The van der Waals surface area contributed by atoms with Gasteiger partial charge in [-0.2, -0.15) is 0 Å². The third-order valence-electron chi connectivity index (χ3n) is 4.76. The summed E-state index contributed by atoms with van der Waals surface area (Å²) in [5.41, 5.74) is 2.47. The first-order valence-corrected chi connectivity index (χ1v) is 9.69. The van der Waals surface area contributed by atoms with Gasteiger partial charge >= 0.3 is 0 Å². The van der Waals surface area contributed by atoms with Crippen molar-refractivity contribution in [2.45, 2.75) is 13.0 Å². The van der Waals surface area contributed by atoms with E-state index in [0.29, 0.717) is 6.61 Å². The van der Waals surface area contributed by atoms with Crippen LogP contribution in [0.15, 0.2) is 48.5 Å². The van der Waals surface area contributed by atoms with Crippen LogP contribution in [0.25, 0.3) is 0 Å². The van der Waals surface area contributed by atoms with Gasteiger partial charge in [-0.15, -0.1) is 0 Å². The van der Waals surface area contributed by atoms with Gasteiger partial charge in [-0.05, 0) is 23.3 Å². The minimum atomic E-state index is 0.636. The summed E-state index contributed by atoms with van der Waals surface area (Å²) in [6.07, 6.45) is 0.884. The van der Waals surface area contributed by atoms with Crippen molar-refractivity contribution < 1.29 is 14.2 Å². The monoisotopic (exact) mass is 370 g/mol. The summed E-state index contributed by atoms with van der Waals surface area (Å²) in [7, 11) is 1.69. The summed E-state index contributed by atoms with van der Waals surface area (Å²) in [4.78, 5) is 2.43. The van der Waals surface area contributed by atoms with Gasteiger partial charge in [0.15, 0.2) is 11.5 Å². The molecule has 0 amide bonds. The Kier molecular flexibility index (Phi) is 7.96. The molecule has 0 aliphatic carbocycles. The predicted molar refractivity (Wildman–Crippen MR) is 108 cm³/mol. The zero-order valence-corrected chi connectivity index (χ0v) is 16.2. The van der Waals surface area contributed by atoms with Crippen LogP contribution in [0, 0.1) is 0 Å². The molecule has 0 saturated carbocycles. The third kappa shape index (κ3) is 6.54. The van der Waals surface area contributed by atoms with Crippen molar-refractivity contribution in [3.8, 4) is 11.5 Å². The highest BCUT2D eigenvalue weighted by molar-refractivity contribution is 5.43. The van der Waals surface area contributed by atoms with Crippen molar-refractivity contribution in [1.82, 2.24) is 10.2 Å². The van der Waals surface area contributed by atoms with Gasteiger partial charge in [0.2, 0.25) is 0 Å². The number of morpholine rings is 1. The maximum atomic E-state index is 5.93. The van der Waals surface area contributed by atoms with E-state index in [-0.39, 0.29) is 0 Å². The van der Waals surface area contributed by atoms with E-state index < -0.39 is 0 Å². The average molecular weight is 370 g/mol. The van der Waals surface area contributed by atoms with E-state index in [1.54, 1.807) is 7.11 Å². The zero-order chi connectivity index (χ0) is 18.7. The van der Waals surface area contributed by atoms with Crippen LogP contribution in [-0.2, 0) is 17.7 Å². The molecule has 0 radical (unpaired) electrons. The summed E-state index contributed by atoms with van der Waals surface area (Å²) in [5, 5.41) is 3.51. The number of nitrogens with zero attached hydrogens (tertiary/aromatic N) is 1. The lowest BCUT2D eigenvalue weighted by Crippen LogP contribution is -2.40. The number of ether oxygens (including phenoxy) is 3. The maximum Gasteiger partial charge on any atom is 0.161 e. The first-order valence-electron chi connectivity index (χ1n) is 9.69. The summed E-state index contributed by atoms with van der Waals surface area (Å²) >= 11 is 0. The van der Waals surface area contributed by atoms with E-state index in [4.69, 9.17) is 14.2 Å². The number of benzene rings is 2. The number of rotatable bonds is 10. The smallest absolute Gasteiger partial charge is 0.161 e. The topological polar surface area (TPSA) is 43.0 Å². The Bertz CT molecular complexity index is 673. The Balaban J connectivity index is 1.42. The van der Waals surface area contributed by atoms with Crippen molar-refractivity contribution in [1.29, 1.82) is 0 Å². The molecular weight excluding hydrogens is 340 g/mol. The van der Waals surface area contributed by atoms with E-state index in [9.17, 15) is 0 Å². The molecule has 0 bridgehead atoms. The van der Waals surface area contributed by atoms with Crippen LogP contribution in [0.4, 0.5) is 0 Å². The van der Waals surface area contributed by atoms with Crippen LogP contribution in [0.2, 0.25) is 0 Å². The van der Waals surface area contributed by atoms with E-state index in [1.165, 1.54) is 11.1 Å². The minimum Gasteiger partial charge on any atom is -0.493 e. The third-order valence-corrected chi connectivity index (χ3v) is 4.76. The van der Waals surface area contributed by atoms with Gasteiger partial charge in [0.25, 0.3) is 0 Å². The summed E-state index contributed by atoms with van der Waals surface area (Å²) in [6.45, 7) is 7.25. The lowest BCUT2D eigenvalue weighted by Gasteiger charge is -2.26. The van der Waals surface area contributed by atoms with Gasteiger partial charge in [0, 0.05) is 39.1 Å². The summed E-state index contributed by atoms with van der Waals surface area (Å²) in [5.74, 6) is 1.58. The van der Waals surface area contributed by atoms with Gasteiger partial charge in [-0.3, -0.25) is 4.90 Å². The minimum absolute atomic E-state index is 0.636. The molecule has 2 aromatic rings. The zero-order valence-electron chi connectivity index (χ0n) is 16.2. The fourth-order valence-electron chi connectivity index (χ4n) is 3.16. The van der Waals surface area contributed by atoms with Gasteiger partial charge in [-0.1, -0.05) is 36.4 Å². The molecule has 146 valence electrons. The highest BCUT2D eigenvalue weighted by Gasteiger charge is 2.09. The van der Waals surface area contributed by atoms with E-state index >= 15 is 0 Å². The average Bonchev–Trinajstić information content (AvgIpc) is 2.73. The molecule has 5 heteroatoms. The van der Waals surface area contributed by atoms with Crippen molar-refractivity contribution in [2.75, 3.05) is 53.1 Å². The predicted octanol–water partition coefficient (Wildman–Crippen LogP) is 2.74. The Labute approximate surface area is 162 Å². The normalized spacial score (nSPS) is 14.9. The van der Waals surface area contributed by atoms with Crippen molar-refractivity contribution >= 4 is 0 Å². The highest BCUT2D eigenvalue weighted by Crippen LogP contribution is 2.28. The van der Waals surface area contributed by atoms with Crippen molar-refractivity contribution in [3.05, 3.63) is 59.7 Å².